The Labute approximate surface area is 182 Å². The summed E-state index contributed by atoms with van der Waals surface area (Å²) in [5.41, 5.74) is 3.17. The molecule has 1 unspecified atom stereocenters. The van der Waals surface area contributed by atoms with Gasteiger partial charge in [0, 0.05) is 16.0 Å². The Bertz CT molecular complexity index is 1340. The average molecular weight is 429 g/mol. The van der Waals surface area contributed by atoms with Crippen LogP contribution in [0.1, 0.15) is 32.6 Å². The molecule has 1 N–H and O–H groups in total. The first kappa shape index (κ1) is 19.3. The molecule has 2 aromatic carbocycles. The summed E-state index contributed by atoms with van der Waals surface area (Å²) in [4.78, 5) is 29.1. The lowest BCUT2D eigenvalue weighted by molar-refractivity contribution is -0.117. The number of aliphatic hydroxyl groups is 1. The van der Waals surface area contributed by atoms with Crippen LogP contribution in [-0.2, 0) is 4.79 Å². The Balaban J connectivity index is 1.68. The van der Waals surface area contributed by atoms with E-state index >= 15 is 0 Å². The van der Waals surface area contributed by atoms with Crippen molar-refractivity contribution in [3.8, 4) is 0 Å². The summed E-state index contributed by atoms with van der Waals surface area (Å²) >= 11 is 1.45. The molecule has 1 amide bonds. The Morgan fingerprint density at radius 3 is 2.58 bits per heavy atom. The highest BCUT2D eigenvalue weighted by Crippen LogP contribution is 2.45. The minimum Gasteiger partial charge on any atom is -0.503 e. The van der Waals surface area contributed by atoms with Crippen molar-refractivity contribution in [2.75, 3.05) is 4.90 Å². The van der Waals surface area contributed by atoms with Gasteiger partial charge in [-0.3, -0.25) is 14.5 Å². The van der Waals surface area contributed by atoms with Crippen molar-refractivity contribution in [1.82, 2.24) is 0 Å². The van der Waals surface area contributed by atoms with E-state index in [9.17, 15) is 14.7 Å². The first-order valence-electron chi connectivity index (χ1n) is 9.86. The molecule has 5 rings (SSSR count). The van der Waals surface area contributed by atoms with E-state index in [4.69, 9.17) is 4.42 Å². The van der Waals surface area contributed by atoms with Gasteiger partial charge in [0.2, 0.25) is 5.78 Å². The molecule has 31 heavy (non-hydrogen) atoms. The average Bonchev–Trinajstić information content (AvgIpc) is 3.44. The number of hydrogen-bond acceptors (Lipinski definition) is 5. The Morgan fingerprint density at radius 2 is 1.87 bits per heavy atom. The first-order valence-corrected chi connectivity index (χ1v) is 10.7. The molecule has 0 aliphatic carbocycles. The monoisotopic (exact) mass is 429 g/mol. The van der Waals surface area contributed by atoms with Crippen molar-refractivity contribution in [3.05, 3.63) is 99.1 Å². The molecule has 0 saturated carbocycles. The largest absolute Gasteiger partial charge is 0.503 e. The number of nitrogens with zero attached hydrogens (tertiary/aromatic N) is 1. The highest BCUT2D eigenvalue weighted by atomic mass is 32.1. The number of aryl methyl sites for hydroxylation is 2. The van der Waals surface area contributed by atoms with Crippen LogP contribution in [0.25, 0.3) is 11.0 Å². The second kappa shape index (κ2) is 7.25. The third-order valence-electron chi connectivity index (χ3n) is 5.53. The van der Waals surface area contributed by atoms with E-state index in [1.807, 2.05) is 67.8 Å². The third-order valence-corrected chi connectivity index (χ3v) is 6.60. The number of thiophene rings is 1. The SMILES string of the molecule is Cc1cccc(N2C(=O)C(O)=C(C(=O)c3cc4ccccc4o3)C2c2sccc2C)c1. The fourth-order valence-corrected chi connectivity index (χ4v) is 5.05. The lowest BCUT2D eigenvalue weighted by Crippen LogP contribution is -2.31. The van der Waals surface area contributed by atoms with E-state index in [1.54, 1.807) is 12.1 Å². The van der Waals surface area contributed by atoms with Crippen molar-refractivity contribution in [2.24, 2.45) is 0 Å². The third kappa shape index (κ3) is 3.07. The van der Waals surface area contributed by atoms with Gasteiger partial charge in [-0.15, -0.1) is 11.3 Å². The maximum Gasteiger partial charge on any atom is 0.294 e. The van der Waals surface area contributed by atoms with Crippen LogP contribution in [0.3, 0.4) is 0 Å². The van der Waals surface area contributed by atoms with Gasteiger partial charge in [-0.1, -0.05) is 30.3 Å². The zero-order valence-electron chi connectivity index (χ0n) is 17.0. The van der Waals surface area contributed by atoms with Crippen LogP contribution in [0, 0.1) is 13.8 Å². The number of amides is 1. The van der Waals surface area contributed by atoms with Crippen LogP contribution in [0.2, 0.25) is 0 Å². The summed E-state index contributed by atoms with van der Waals surface area (Å²) < 4.78 is 5.76. The highest BCUT2D eigenvalue weighted by molar-refractivity contribution is 7.10. The van der Waals surface area contributed by atoms with Gasteiger partial charge in [0.1, 0.15) is 11.6 Å². The van der Waals surface area contributed by atoms with E-state index in [1.165, 1.54) is 16.2 Å². The Morgan fingerprint density at radius 1 is 1.06 bits per heavy atom. The number of aliphatic hydroxyl groups excluding tert-OH is 1. The van der Waals surface area contributed by atoms with Crippen LogP contribution in [-0.4, -0.2) is 16.8 Å². The number of hydrogen-bond donors (Lipinski definition) is 1. The van der Waals surface area contributed by atoms with Crippen molar-refractivity contribution >= 4 is 39.7 Å². The molecule has 0 fully saturated rings. The molecule has 0 bridgehead atoms. The number of benzene rings is 2. The topological polar surface area (TPSA) is 70.8 Å². The van der Waals surface area contributed by atoms with Crippen LogP contribution in [0.5, 0.6) is 0 Å². The Hall–Kier alpha value is -3.64. The van der Waals surface area contributed by atoms with E-state index in [-0.39, 0.29) is 11.3 Å². The summed E-state index contributed by atoms with van der Waals surface area (Å²) in [6, 6.07) is 17.6. The maximum atomic E-state index is 13.5. The number of fused-ring (bicyclic) bond motifs is 1. The fourth-order valence-electron chi connectivity index (χ4n) is 4.02. The highest BCUT2D eigenvalue weighted by Gasteiger charge is 2.46. The van der Waals surface area contributed by atoms with Crippen LogP contribution >= 0.6 is 11.3 Å². The number of Topliss-reactive ketones (excluding diaryl/α,β-unsaturated/α-hetero) is 1. The predicted octanol–water partition coefficient (Wildman–Crippen LogP) is 5.89. The van der Waals surface area contributed by atoms with Crippen molar-refractivity contribution in [2.45, 2.75) is 19.9 Å². The maximum absolute atomic E-state index is 13.5. The molecule has 4 aromatic rings. The molecule has 2 aromatic heterocycles. The van der Waals surface area contributed by atoms with Crippen LogP contribution in [0.15, 0.2) is 81.8 Å². The number of furan rings is 1. The van der Waals surface area contributed by atoms with Gasteiger partial charge in [0.05, 0.1) is 5.57 Å². The molecule has 0 radical (unpaired) electrons. The molecule has 154 valence electrons. The molecular formula is C25H19NO4S. The normalized spacial score (nSPS) is 16.5. The molecule has 5 nitrogen and oxygen atoms in total. The van der Waals surface area contributed by atoms with Crippen molar-refractivity contribution < 1.29 is 19.1 Å². The number of rotatable bonds is 4. The molecule has 1 aliphatic rings. The summed E-state index contributed by atoms with van der Waals surface area (Å²) in [5.74, 6) is -1.52. The van der Waals surface area contributed by atoms with Gasteiger partial charge < -0.3 is 9.52 Å². The second-order valence-corrected chi connectivity index (χ2v) is 8.57. The molecule has 6 heteroatoms. The van der Waals surface area contributed by atoms with Gasteiger partial charge in [-0.25, -0.2) is 0 Å². The van der Waals surface area contributed by atoms with Gasteiger partial charge in [0.15, 0.2) is 11.5 Å². The first-order chi connectivity index (χ1) is 15.0. The quantitative estimate of drug-likeness (QED) is 0.410. The lowest BCUT2D eigenvalue weighted by Gasteiger charge is -2.26. The summed E-state index contributed by atoms with van der Waals surface area (Å²) in [6.07, 6.45) is 0. The number of anilines is 1. The zero-order chi connectivity index (χ0) is 21.7. The smallest absolute Gasteiger partial charge is 0.294 e. The van der Waals surface area contributed by atoms with Gasteiger partial charge in [-0.05, 0) is 60.7 Å². The second-order valence-electron chi connectivity index (χ2n) is 7.62. The van der Waals surface area contributed by atoms with Crippen molar-refractivity contribution in [3.63, 3.8) is 0 Å². The predicted molar refractivity (Wildman–Crippen MR) is 121 cm³/mol. The van der Waals surface area contributed by atoms with Gasteiger partial charge in [-0.2, -0.15) is 0 Å². The van der Waals surface area contributed by atoms with Gasteiger partial charge >= 0.3 is 0 Å². The molecular weight excluding hydrogens is 410 g/mol. The van der Waals surface area contributed by atoms with E-state index in [0.717, 1.165) is 21.4 Å². The molecule has 0 spiro atoms. The summed E-state index contributed by atoms with van der Waals surface area (Å²) in [7, 11) is 0. The standard InChI is InChI=1S/C25H19NO4S/c1-14-6-5-8-17(12-14)26-21(24-15(2)10-11-31-24)20(23(28)25(26)29)22(27)19-13-16-7-3-4-9-18(16)30-19/h3-13,21,28H,1-2H3. The molecule has 1 atom stereocenters. The van der Waals surface area contributed by atoms with Crippen LogP contribution < -0.4 is 4.90 Å². The Kier molecular flexibility index (Phi) is 4.52. The minimum atomic E-state index is -0.727. The summed E-state index contributed by atoms with van der Waals surface area (Å²) in [6.45, 7) is 3.87. The van der Waals surface area contributed by atoms with E-state index in [2.05, 4.69) is 0 Å². The minimum absolute atomic E-state index is 0.0381. The number of carbonyl (C=O) groups excluding carboxylic acids is 2. The number of carbonyl (C=O) groups is 2. The molecule has 1 aliphatic heterocycles. The zero-order valence-corrected chi connectivity index (χ0v) is 17.8. The molecule has 0 saturated heterocycles. The lowest BCUT2D eigenvalue weighted by atomic mass is 9.98. The number of para-hydroxylation sites is 1. The molecule has 3 heterocycles. The van der Waals surface area contributed by atoms with E-state index in [0.29, 0.717) is 11.3 Å². The summed E-state index contributed by atoms with van der Waals surface area (Å²) in [5, 5.41) is 13.6. The van der Waals surface area contributed by atoms with E-state index < -0.39 is 23.5 Å². The van der Waals surface area contributed by atoms with Crippen LogP contribution in [0.4, 0.5) is 5.69 Å². The van der Waals surface area contributed by atoms with Gasteiger partial charge in [0.25, 0.3) is 5.91 Å². The fraction of sp³-hybridized carbons (Fsp3) is 0.120. The number of ketones is 1. The van der Waals surface area contributed by atoms with Crippen molar-refractivity contribution in [1.29, 1.82) is 0 Å².